The van der Waals surface area contributed by atoms with Crippen LogP contribution in [0.15, 0.2) is 30.3 Å². The fraction of sp³-hybridized carbons (Fsp3) is 0.774. The Kier molecular flexibility index (Phi) is 9.48. The second-order valence-electron chi connectivity index (χ2n) is 12.8. The number of fused-ring (bicyclic) bond motifs is 2. The first-order valence-electron chi connectivity index (χ1n) is 14.0. The molecule has 1 aromatic rings. The highest BCUT2D eigenvalue weighted by Crippen LogP contribution is 2.66. The number of carbonyl (C=O) groups is 1. The van der Waals surface area contributed by atoms with Crippen LogP contribution in [-0.2, 0) is 20.8 Å². The number of carbonyl (C=O) groups excluding carboxylic acids is 1. The van der Waals surface area contributed by atoms with Crippen LogP contribution in [0, 0.1) is 16.7 Å². The van der Waals surface area contributed by atoms with Gasteiger partial charge in [-0.25, -0.2) is 0 Å². The van der Waals surface area contributed by atoms with Crippen LogP contribution in [0.1, 0.15) is 105 Å². The number of benzene rings is 1. The maximum atomic E-state index is 13.1. The lowest BCUT2D eigenvalue weighted by molar-refractivity contribution is -0.157. The van der Waals surface area contributed by atoms with E-state index in [0.29, 0.717) is 6.42 Å². The van der Waals surface area contributed by atoms with E-state index in [4.69, 9.17) is 9.47 Å². The highest BCUT2D eigenvalue weighted by atomic mass is 16.6. The van der Waals surface area contributed by atoms with Crippen molar-refractivity contribution in [1.29, 1.82) is 0 Å². The summed E-state index contributed by atoms with van der Waals surface area (Å²) < 4.78 is 12.0. The molecule has 0 heterocycles. The molecule has 0 aromatic heterocycles. The van der Waals surface area contributed by atoms with E-state index >= 15 is 0 Å². The van der Waals surface area contributed by atoms with E-state index in [0.717, 1.165) is 38.3 Å². The first-order chi connectivity index (χ1) is 16.5. The molecule has 2 aliphatic rings. The van der Waals surface area contributed by atoms with E-state index in [9.17, 15) is 4.79 Å². The molecule has 2 bridgehead atoms. The highest BCUT2D eigenvalue weighted by molar-refractivity contribution is 5.70. The van der Waals surface area contributed by atoms with Gasteiger partial charge in [0.05, 0.1) is 12.5 Å². The first-order valence-corrected chi connectivity index (χ1v) is 14.0. The van der Waals surface area contributed by atoms with Gasteiger partial charge in [0, 0.05) is 31.7 Å². The summed E-state index contributed by atoms with van der Waals surface area (Å²) in [5.74, 6) is 0.645. The summed E-state index contributed by atoms with van der Waals surface area (Å²) in [4.78, 5) is 15.7. The quantitative estimate of drug-likeness (QED) is 0.215. The van der Waals surface area contributed by atoms with Gasteiger partial charge in [-0.1, -0.05) is 76.8 Å². The van der Waals surface area contributed by atoms with Crippen LogP contribution in [0.3, 0.4) is 0 Å². The molecule has 198 valence electrons. The molecular formula is C31H51NO3. The summed E-state index contributed by atoms with van der Waals surface area (Å²) in [6.07, 6.45) is 10.3. The maximum Gasteiger partial charge on any atom is 0.307 e. The van der Waals surface area contributed by atoms with Crippen molar-refractivity contribution in [2.75, 3.05) is 13.7 Å². The molecule has 2 fully saturated rings. The summed E-state index contributed by atoms with van der Waals surface area (Å²) in [6, 6.07) is 10.9. The number of rotatable bonds is 13. The number of ether oxygens (including phenoxy) is 2. The summed E-state index contributed by atoms with van der Waals surface area (Å²) in [5.41, 5.74) is 1.21. The van der Waals surface area contributed by atoms with Crippen molar-refractivity contribution < 1.29 is 14.3 Å². The van der Waals surface area contributed by atoms with Crippen LogP contribution in [0.5, 0.6) is 0 Å². The summed E-state index contributed by atoms with van der Waals surface area (Å²) in [6.45, 7) is 14.9. The number of nitrogens with zero attached hydrogens (tertiary/aromatic N) is 1. The smallest absolute Gasteiger partial charge is 0.307 e. The standard InChI is InChI=1S/C31H51NO3/c1-8-9-10-14-17-26(21-28(33)35-29(2,3)4)32(22-24-15-12-11-13-16-24)23-31-19-18-25(30(31,5)6)20-27(31)34-7/h11-13,15-16,25-27H,8-10,14,17-23H2,1-7H3/t25-,26+,27-,31-/m1/s1. The van der Waals surface area contributed by atoms with Gasteiger partial charge in [0.15, 0.2) is 0 Å². The molecule has 0 saturated heterocycles. The lowest BCUT2D eigenvalue weighted by atomic mass is 9.67. The van der Waals surface area contributed by atoms with Gasteiger partial charge in [0.25, 0.3) is 0 Å². The van der Waals surface area contributed by atoms with Crippen molar-refractivity contribution in [2.45, 2.75) is 124 Å². The Morgan fingerprint density at radius 2 is 1.86 bits per heavy atom. The minimum atomic E-state index is -0.458. The van der Waals surface area contributed by atoms with Gasteiger partial charge in [-0.05, 0) is 63.4 Å². The van der Waals surface area contributed by atoms with E-state index < -0.39 is 5.60 Å². The third kappa shape index (κ3) is 6.68. The molecule has 1 aromatic carbocycles. The molecule has 35 heavy (non-hydrogen) atoms. The van der Waals surface area contributed by atoms with Crippen molar-refractivity contribution in [1.82, 2.24) is 4.90 Å². The number of unbranched alkanes of at least 4 members (excludes halogenated alkanes) is 3. The largest absolute Gasteiger partial charge is 0.460 e. The van der Waals surface area contributed by atoms with Gasteiger partial charge in [-0.3, -0.25) is 9.69 Å². The average Bonchev–Trinajstić information content (AvgIpc) is 3.15. The Balaban J connectivity index is 1.90. The van der Waals surface area contributed by atoms with Crippen molar-refractivity contribution in [3.63, 3.8) is 0 Å². The average molecular weight is 486 g/mol. The lowest BCUT2D eigenvalue weighted by Gasteiger charge is -2.47. The van der Waals surface area contributed by atoms with Gasteiger partial charge in [0.1, 0.15) is 5.60 Å². The van der Waals surface area contributed by atoms with Gasteiger partial charge in [-0.2, -0.15) is 0 Å². The third-order valence-corrected chi connectivity index (χ3v) is 9.09. The molecule has 4 nitrogen and oxygen atoms in total. The second kappa shape index (κ2) is 11.8. The minimum Gasteiger partial charge on any atom is -0.460 e. The van der Waals surface area contributed by atoms with Crippen LogP contribution < -0.4 is 0 Å². The molecule has 4 atom stereocenters. The summed E-state index contributed by atoms with van der Waals surface area (Å²) >= 11 is 0. The van der Waals surface area contributed by atoms with Crippen LogP contribution in [0.2, 0.25) is 0 Å². The van der Waals surface area contributed by atoms with E-state index in [-0.39, 0.29) is 28.9 Å². The number of hydrogen-bond donors (Lipinski definition) is 0. The zero-order valence-electron chi connectivity index (χ0n) is 23.6. The zero-order valence-corrected chi connectivity index (χ0v) is 23.6. The first kappa shape index (κ1) is 28.2. The molecule has 3 rings (SSSR count). The lowest BCUT2D eigenvalue weighted by Crippen LogP contribution is -2.51. The van der Waals surface area contributed by atoms with Crippen molar-refractivity contribution in [2.24, 2.45) is 16.7 Å². The molecule has 4 heteroatoms. The Morgan fingerprint density at radius 3 is 2.46 bits per heavy atom. The normalized spacial score (nSPS) is 26.3. The van der Waals surface area contributed by atoms with Crippen molar-refractivity contribution in [3.05, 3.63) is 35.9 Å². The van der Waals surface area contributed by atoms with E-state index in [1.807, 2.05) is 27.9 Å². The van der Waals surface area contributed by atoms with Gasteiger partial charge in [-0.15, -0.1) is 0 Å². The second-order valence-corrected chi connectivity index (χ2v) is 12.8. The van der Waals surface area contributed by atoms with Gasteiger partial charge in [0.2, 0.25) is 0 Å². The van der Waals surface area contributed by atoms with E-state index in [2.05, 4.69) is 56.0 Å². The van der Waals surface area contributed by atoms with Gasteiger partial charge >= 0.3 is 5.97 Å². The predicted molar refractivity (Wildman–Crippen MR) is 144 cm³/mol. The molecule has 0 radical (unpaired) electrons. The molecule has 2 aliphatic carbocycles. The SMILES string of the molecule is CCCCCC[C@@H](CC(=O)OC(C)(C)C)N(Cc1ccccc1)C[C@]12CC[C@H](C[C@H]1OC)C2(C)C. The number of hydrogen-bond acceptors (Lipinski definition) is 4. The molecule has 0 amide bonds. The summed E-state index contributed by atoms with van der Waals surface area (Å²) in [5, 5.41) is 0. The molecule has 0 aliphatic heterocycles. The van der Waals surface area contributed by atoms with Crippen LogP contribution in [0.25, 0.3) is 0 Å². The Labute approximate surface area is 215 Å². The fourth-order valence-corrected chi connectivity index (χ4v) is 6.99. The third-order valence-electron chi connectivity index (χ3n) is 9.09. The highest BCUT2D eigenvalue weighted by Gasteiger charge is 2.64. The van der Waals surface area contributed by atoms with E-state index in [1.54, 1.807) is 0 Å². The predicted octanol–water partition coefficient (Wildman–Crippen LogP) is 7.40. The monoisotopic (exact) mass is 485 g/mol. The van der Waals surface area contributed by atoms with Crippen molar-refractivity contribution >= 4 is 5.97 Å². The topological polar surface area (TPSA) is 38.8 Å². The summed E-state index contributed by atoms with van der Waals surface area (Å²) in [7, 11) is 1.90. The van der Waals surface area contributed by atoms with Crippen LogP contribution in [0.4, 0.5) is 0 Å². The molecule has 2 saturated carbocycles. The molecular weight excluding hydrogens is 434 g/mol. The Morgan fingerprint density at radius 1 is 1.14 bits per heavy atom. The van der Waals surface area contributed by atoms with Crippen LogP contribution >= 0.6 is 0 Å². The van der Waals surface area contributed by atoms with Crippen molar-refractivity contribution in [3.8, 4) is 0 Å². The number of methoxy groups -OCH3 is 1. The Hall–Kier alpha value is -1.39. The van der Waals surface area contributed by atoms with Crippen LogP contribution in [-0.4, -0.2) is 42.3 Å². The van der Waals surface area contributed by atoms with Gasteiger partial charge < -0.3 is 9.47 Å². The van der Waals surface area contributed by atoms with E-state index in [1.165, 1.54) is 37.7 Å². The molecule has 0 unspecified atom stereocenters. The zero-order chi connectivity index (χ0) is 25.7. The fourth-order valence-electron chi connectivity index (χ4n) is 6.99. The minimum absolute atomic E-state index is 0.0770. The molecule has 0 spiro atoms. The maximum absolute atomic E-state index is 13.1. The Bertz CT molecular complexity index is 799. The molecule has 0 N–H and O–H groups in total. The number of esters is 1.